The van der Waals surface area contributed by atoms with Crippen molar-refractivity contribution in [3.8, 4) is 0 Å². The average Bonchev–Trinajstić information content (AvgIpc) is 3.11. The van der Waals surface area contributed by atoms with Crippen molar-refractivity contribution < 1.29 is 19.1 Å². The molecule has 0 heterocycles. The van der Waals surface area contributed by atoms with Gasteiger partial charge >= 0.3 is 5.97 Å². The SMILES string of the molecule is O=C(NCC1(C(=O)O)CC1)c1cccc(F)c1Br. The van der Waals surface area contributed by atoms with Gasteiger partial charge in [-0.15, -0.1) is 0 Å². The van der Waals surface area contributed by atoms with Crippen molar-refractivity contribution in [3.05, 3.63) is 34.1 Å². The van der Waals surface area contributed by atoms with Crippen LogP contribution in [0.5, 0.6) is 0 Å². The van der Waals surface area contributed by atoms with Gasteiger partial charge in [0.15, 0.2) is 0 Å². The summed E-state index contributed by atoms with van der Waals surface area (Å²) in [4.78, 5) is 22.7. The molecule has 1 aromatic carbocycles. The molecule has 4 nitrogen and oxygen atoms in total. The Morgan fingerprint density at radius 3 is 2.67 bits per heavy atom. The highest BCUT2D eigenvalue weighted by molar-refractivity contribution is 9.10. The van der Waals surface area contributed by atoms with Crippen LogP contribution in [-0.4, -0.2) is 23.5 Å². The largest absolute Gasteiger partial charge is 0.481 e. The third-order valence-corrected chi connectivity index (χ3v) is 3.90. The molecule has 6 heteroatoms. The molecule has 0 spiro atoms. The highest BCUT2D eigenvalue weighted by Gasteiger charge is 2.50. The Hall–Kier alpha value is -1.43. The lowest BCUT2D eigenvalue weighted by Crippen LogP contribution is -2.34. The number of carboxylic acids is 1. The minimum Gasteiger partial charge on any atom is -0.481 e. The zero-order valence-electron chi connectivity index (χ0n) is 9.37. The lowest BCUT2D eigenvalue weighted by atomic mass is 10.1. The third kappa shape index (κ3) is 2.38. The summed E-state index contributed by atoms with van der Waals surface area (Å²) in [6.45, 7) is 0.0735. The minimum absolute atomic E-state index is 0.0735. The van der Waals surface area contributed by atoms with Crippen LogP contribution < -0.4 is 5.32 Å². The van der Waals surface area contributed by atoms with Gasteiger partial charge in [-0.25, -0.2) is 4.39 Å². The highest BCUT2D eigenvalue weighted by atomic mass is 79.9. The van der Waals surface area contributed by atoms with E-state index in [0.29, 0.717) is 12.8 Å². The quantitative estimate of drug-likeness (QED) is 0.895. The molecule has 0 aliphatic heterocycles. The molecule has 0 atom stereocenters. The third-order valence-electron chi connectivity index (χ3n) is 3.09. The van der Waals surface area contributed by atoms with Crippen LogP contribution in [0.25, 0.3) is 0 Å². The fraction of sp³-hybridized carbons (Fsp3) is 0.333. The van der Waals surface area contributed by atoms with Crippen molar-refractivity contribution >= 4 is 27.8 Å². The number of benzene rings is 1. The lowest BCUT2D eigenvalue weighted by Gasteiger charge is -2.12. The van der Waals surface area contributed by atoms with E-state index in [2.05, 4.69) is 21.2 Å². The summed E-state index contributed by atoms with van der Waals surface area (Å²) < 4.78 is 13.3. The molecule has 2 N–H and O–H groups in total. The predicted octanol–water partition coefficient (Wildman–Crippen LogP) is 2.18. The van der Waals surface area contributed by atoms with E-state index in [0.717, 1.165) is 0 Å². The second kappa shape index (κ2) is 4.68. The fourth-order valence-corrected chi connectivity index (χ4v) is 2.09. The summed E-state index contributed by atoms with van der Waals surface area (Å²) in [5, 5.41) is 11.5. The Kier molecular flexibility index (Phi) is 3.38. The van der Waals surface area contributed by atoms with Crippen LogP contribution in [0.2, 0.25) is 0 Å². The summed E-state index contributed by atoms with van der Waals surface area (Å²) >= 11 is 2.99. The van der Waals surface area contributed by atoms with Crippen molar-refractivity contribution in [3.63, 3.8) is 0 Å². The Bertz CT molecular complexity index is 514. The number of carbonyl (C=O) groups excluding carboxylic acids is 1. The molecular weight excluding hydrogens is 305 g/mol. The fourth-order valence-electron chi connectivity index (χ4n) is 1.64. The molecule has 96 valence electrons. The van der Waals surface area contributed by atoms with Gasteiger partial charge < -0.3 is 10.4 Å². The molecule has 1 aromatic rings. The van der Waals surface area contributed by atoms with Crippen LogP contribution in [0.4, 0.5) is 4.39 Å². The van der Waals surface area contributed by atoms with E-state index in [1.54, 1.807) is 0 Å². The van der Waals surface area contributed by atoms with E-state index in [-0.39, 0.29) is 16.6 Å². The number of halogens is 2. The van der Waals surface area contributed by atoms with Crippen molar-refractivity contribution in [2.45, 2.75) is 12.8 Å². The molecule has 1 amide bonds. The molecule has 1 fully saturated rings. The lowest BCUT2D eigenvalue weighted by molar-refractivity contribution is -0.143. The Morgan fingerprint density at radius 1 is 1.44 bits per heavy atom. The number of rotatable bonds is 4. The molecule has 1 aliphatic rings. The first kappa shape index (κ1) is 13.0. The molecule has 2 rings (SSSR count). The van der Waals surface area contributed by atoms with Crippen LogP contribution in [0, 0.1) is 11.2 Å². The van der Waals surface area contributed by atoms with E-state index < -0.39 is 23.1 Å². The van der Waals surface area contributed by atoms with Gasteiger partial charge in [0, 0.05) is 6.54 Å². The number of carboxylic acid groups (broad SMARTS) is 1. The summed E-state index contributed by atoms with van der Waals surface area (Å²) in [5.74, 6) is -1.91. The second-order valence-corrected chi connectivity index (χ2v) is 5.16. The topological polar surface area (TPSA) is 66.4 Å². The molecule has 1 saturated carbocycles. The predicted molar refractivity (Wildman–Crippen MR) is 65.7 cm³/mol. The Morgan fingerprint density at radius 2 is 2.11 bits per heavy atom. The number of carbonyl (C=O) groups is 2. The normalized spacial score (nSPS) is 16.1. The first-order valence-electron chi connectivity index (χ1n) is 5.42. The van der Waals surface area contributed by atoms with Crippen LogP contribution in [-0.2, 0) is 4.79 Å². The molecule has 0 aromatic heterocycles. The molecule has 0 bridgehead atoms. The van der Waals surface area contributed by atoms with Gasteiger partial charge in [0.2, 0.25) is 0 Å². The maximum Gasteiger partial charge on any atom is 0.311 e. The van der Waals surface area contributed by atoms with Crippen molar-refractivity contribution in [1.29, 1.82) is 0 Å². The maximum atomic E-state index is 13.2. The molecular formula is C12H11BrFNO3. The first-order valence-corrected chi connectivity index (χ1v) is 6.21. The number of aliphatic carboxylic acids is 1. The van der Waals surface area contributed by atoms with Crippen LogP contribution in [0.1, 0.15) is 23.2 Å². The van der Waals surface area contributed by atoms with E-state index in [1.807, 2.05) is 0 Å². The van der Waals surface area contributed by atoms with E-state index in [1.165, 1.54) is 18.2 Å². The minimum atomic E-state index is -0.902. The standard InChI is InChI=1S/C12H11BrFNO3/c13-9-7(2-1-3-8(9)14)10(16)15-6-12(4-5-12)11(17)18/h1-3H,4-6H2,(H,15,16)(H,17,18). The molecule has 18 heavy (non-hydrogen) atoms. The number of nitrogens with one attached hydrogen (secondary N) is 1. The molecule has 0 saturated heterocycles. The smallest absolute Gasteiger partial charge is 0.311 e. The zero-order chi connectivity index (χ0) is 13.3. The van der Waals surface area contributed by atoms with Gasteiger partial charge in [0.25, 0.3) is 5.91 Å². The van der Waals surface area contributed by atoms with Crippen LogP contribution in [0.3, 0.4) is 0 Å². The molecule has 0 radical (unpaired) electrons. The van der Waals surface area contributed by atoms with Gasteiger partial charge in [0.1, 0.15) is 5.82 Å². The van der Waals surface area contributed by atoms with Gasteiger partial charge in [-0.05, 0) is 40.9 Å². The highest BCUT2D eigenvalue weighted by Crippen LogP contribution is 2.45. The first-order chi connectivity index (χ1) is 8.46. The van der Waals surface area contributed by atoms with E-state index in [4.69, 9.17) is 5.11 Å². The van der Waals surface area contributed by atoms with Gasteiger partial charge in [-0.1, -0.05) is 6.07 Å². The molecule has 0 unspecified atom stereocenters. The second-order valence-electron chi connectivity index (χ2n) is 4.37. The Labute approximate surface area is 111 Å². The number of amides is 1. The monoisotopic (exact) mass is 315 g/mol. The number of hydrogen-bond donors (Lipinski definition) is 2. The summed E-state index contributed by atoms with van der Waals surface area (Å²) in [6.07, 6.45) is 1.12. The van der Waals surface area contributed by atoms with Gasteiger partial charge in [-0.3, -0.25) is 9.59 Å². The maximum absolute atomic E-state index is 13.2. The van der Waals surface area contributed by atoms with Crippen molar-refractivity contribution in [1.82, 2.24) is 5.32 Å². The van der Waals surface area contributed by atoms with Crippen LogP contribution >= 0.6 is 15.9 Å². The van der Waals surface area contributed by atoms with E-state index in [9.17, 15) is 14.0 Å². The summed E-state index contributed by atoms with van der Waals surface area (Å²) in [6, 6.07) is 4.14. The van der Waals surface area contributed by atoms with E-state index >= 15 is 0 Å². The summed E-state index contributed by atoms with van der Waals surface area (Å²) in [7, 11) is 0. The summed E-state index contributed by atoms with van der Waals surface area (Å²) in [5.41, 5.74) is -0.661. The van der Waals surface area contributed by atoms with Crippen LogP contribution in [0.15, 0.2) is 22.7 Å². The van der Waals surface area contributed by atoms with Gasteiger partial charge in [-0.2, -0.15) is 0 Å². The average molecular weight is 316 g/mol. The van der Waals surface area contributed by atoms with Gasteiger partial charge in [0.05, 0.1) is 15.5 Å². The zero-order valence-corrected chi connectivity index (χ0v) is 11.0. The number of hydrogen-bond acceptors (Lipinski definition) is 2. The van der Waals surface area contributed by atoms with Crippen molar-refractivity contribution in [2.24, 2.45) is 5.41 Å². The van der Waals surface area contributed by atoms with Crippen molar-refractivity contribution in [2.75, 3.05) is 6.54 Å². The molecule has 1 aliphatic carbocycles. The Balaban J connectivity index is 2.05.